The fourth-order valence-corrected chi connectivity index (χ4v) is 7.09. The third-order valence-electron chi connectivity index (χ3n) is 7.07. The molecule has 6 rings (SSSR count). The van der Waals surface area contributed by atoms with Crippen LogP contribution in [0.4, 0.5) is 10.1 Å². The zero-order valence-corrected chi connectivity index (χ0v) is 20.5. The van der Waals surface area contributed by atoms with Crippen molar-refractivity contribution in [3.05, 3.63) is 65.6 Å². The Balaban J connectivity index is 1.58. The van der Waals surface area contributed by atoms with Crippen molar-refractivity contribution < 1.29 is 12.8 Å². The number of nitrogens with zero attached hydrogens (tertiary/aromatic N) is 3. The number of imidazole rings is 1. The Labute approximate surface area is 198 Å². The molecule has 2 aromatic heterocycles. The molecule has 6 nitrogen and oxygen atoms in total. The van der Waals surface area contributed by atoms with Crippen LogP contribution in [0.1, 0.15) is 43.8 Å². The third-order valence-corrected chi connectivity index (χ3v) is 8.88. The first-order valence-electron chi connectivity index (χ1n) is 11.6. The molecule has 1 saturated carbocycles. The Morgan fingerprint density at radius 1 is 1.21 bits per heavy atom. The van der Waals surface area contributed by atoms with Crippen molar-refractivity contribution >= 4 is 26.6 Å². The molecule has 2 aliphatic rings. The quantitative estimate of drug-likeness (QED) is 0.421. The summed E-state index contributed by atoms with van der Waals surface area (Å²) in [5, 5.41) is 4.16. The molecule has 1 fully saturated rings. The molecule has 1 N–H and O–H groups in total. The first-order valence-corrected chi connectivity index (χ1v) is 13.2. The minimum Gasteiger partial charge on any atom is -0.371 e. The summed E-state index contributed by atoms with van der Waals surface area (Å²) < 4.78 is 45.2. The van der Waals surface area contributed by atoms with Crippen LogP contribution in [0.2, 0.25) is 0 Å². The van der Waals surface area contributed by atoms with Gasteiger partial charge in [-0.25, -0.2) is 21.8 Å². The van der Waals surface area contributed by atoms with Crippen molar-refractivity contribution in [2.75, 3.05) is 11.1 Å². The van der Waals surface area contributed by atoms with E-state index in [-0.39, 0.29) is 17.5 Å². The Morgan fingerprint density at radius 2 is 1.97 bits per heavy atom. The number of nitrogens with one attached hydrogen (secondary N) is 1. The fraction of sp³-hybridized carbons (Fsp3) is 0.346. The van der Waals surface area contributed by atoms with Crippen molar-refractivity contribution in [2.24, 2.45) is 5.92 Å². The maximum Gasteiger partial charge on any atom is 0.239 e. The average Bonchev–Trinajstić information content (AvgIpc) is 3.28. The smallest absolute Gasteiger partial charge is 0.239 e. The van der Waals surface area contributed by atoms with Crippen LogP contribution in [0, 0.1) is 25.6 Å². The van der Waals surface area contributed by atoms with Gasteiger partial charge in [-0.2, -0.15) is 0 Å². The molecule has 0 atom stereocenters. The summed E-state index contributed by atoms with van der Waals surface area (Å²) >= 11 is 0. The highest BCUT2D eigenvalue weighted by atomic mass is 32.2. The van der Waals surface area contributed by atoms with Gasteiger partial charge in [0, 0.05) is 29.0 Å². The average molecular weight is 479 g/mol. The van der Waals surface area contributed by atoms with E-state index in [0.717, 1.165) is 41.0 Å². The summed E-state index contributed by atoms with van der Waals surface area (Å²) in [4.78, 5) is 4.62. The number of rotatable bonds is 4. The molecule has 4 aromatic rings. The zero-order chi connectivity index (χ0) is 24.0. The highest BCUT2D eigenvalue weighted by molar-refractivity contribution is 7.90. The SMILES string of the molecule is Cc1c(-c2cccc3c2ccn3S(=O)(=O)CC2CC2)c(F)cc2c1-n1c(C)cnc1C(C)(C)N2. The number of aryl methyl sites for hydroxylation is 1. The Kier molecular flexibility index (Phi) is 4.37. The molecular weight excluding hydrogens is 451 g/mol. The largest absolute Gasteiger partial charge is 0.371 e. The molecule has 176 valence electrons. The standard InChI is InChI=1S/C26H27FN4O2S/c1-15-13-28-25-26(3,4)29-21-12-20(27)23(16(2)24(21)31(15)25)19-6-5-7-22-18(19)10-11-30(22)34(32,33)14-17-8-9-17/h5-7,10-13,17,29H,8-9,14H2,1-4H3. The predicted octanol–water partition coefficient (Wildman–Crippen LogP) is 5.50. The number of halogens is 1. The summed E-state index contributed by atoms with van der Waals surface area (Å²) in [6.45, 7) is 7.97. The van der Waals surface area contributed by atoms with Gasteiger partial charge in [0.2, 0.25) is 10.0 Å². The van der Waals surface area contributed by atoms with Crippen LogP contribution in [0.3, 0.4) is 0 Å². The molecule has 2 aromatic carbocycles. The van der Waals surface area contributed by atoms with Crippen LogP contribution in [0.25, 0.3) is 27.7 Å². The van der Waals surface area contributed by atoms with Crippen molar-refractivity contribution in [1.82, 2.24) is 13.5 Å². The highest BCUT2D eigenvalue weighted by Gasteiger charge is 2.35. The Morgan fingerprint density at radius 3 is 2.71 bits per heavy atom. The van der Waals surface area contributed by atoms with Gasteiger partial charge in [0.25, 0.3) is 0 Å². The summed E-state index contributed by atoms with van der Waals surface area (Å²) in [7, 11) is -3.46. The molecule has 34 heavy (non-hydrogen) atoms. The minimum absolute atomic E-state index is 0.150. The van der Waals surface area contributed by atoms with Crippen molar-refractivity contribution in [1.29, 1.82) is 0 Å². The number of hydrogen-bond acceptors (Lipinski definition) is 4. The number of fused-ring (bicyclic) bond motifs is 4. The first-order chi connectivity index (χ1) is 16.1. The number of aromatic nitrogens is 3. The van der Waals surface area contributed by atoms with Crippen LogP contribution in [-0.4, -0.2) is 27.7 Å². The zero-order valence-electron chi connectivity index (χ0n) is 19.7. The lowest BCUT2D eigenvalue weighted by Gasteiger charge is -2.36. The van der Waals surface area contributed by atoms with Crippen LogP contribution in [0.5, 0.6) is 0 Å². The van der Waals surface area contributed by atoms with E-state index in [1.807, 2.05) is 40.0 Å². The van der Waals surface area contributed by atoms with E-state index in [4.69, 9.17) is 0 Å². The molecule has 3 heterocycles. The van der Waals surface area contributed by atoms with Crippen molar-refractivity contribution in [3.63, 3.8) is 0 Å². The van der Waals surface area contributed by atoms with Gasteiger partial charge in [0.05, 0.1) is 28.2 Å². The van der Waals surface area contributed by atoms with Gasteiger partial charge in [0.15, 0.2) is 0 Å². The number of anilines is 1. The normalized spacial score (nSPS) is 16.9. The molecule has 0 unspecified atom stereocenters. The lowest BCUT2D eigenvalue weighted by molar-refractivity contribution is 0.534. The lowest BCUT2D eigenvalue weighted by atomic mass is 9.92. The van der Waals surface area contributed by atoms with E-state index >= 15 is 4.39 Å². The van der Waals surface area contributed by atoms with E-state index in [9.17, 15) is 8.42 Å². The molecule has 0 bridgehead atoms. The van der Waals surface area contributed by atoms with Crippen LogP contribution in [-0.2, 0) is 15.6 Å². The predicted molar refractivity (Wildman–Crippen MR) is 132 cm³/mol. The Bertz CT molecular complexity index is 1590. The van der Waals surface area contributed by atoms with Gasteiger partial charge in [-0.05, 0) is 75.8 Å². The van der Waals surface area contributed by atoms with E-state index in [2.05, 4.69) is 14.9 Å². The maximum atomic E-state index is 15.7. The summed E-state index contributed by atoms with van der Waals surface area (Å²) in [5.41, 5.74) is 4.63. The molecule has 0 radical (unpaired) electrons. The van der Waals surface area contributed by atoms with Gasteiger partial charge in [0.1, 0.15) is 11.6 Å². The lowest BCUT2D eigenvalue weighted by Crippen LogP contribution is -2.36. The molecule has 0 spiro atoms. The monoisotopic (exact) mass is 478 g/mol. The molecule has 1 aliphatic carbocycles. The molecule has 0 amide bonds. The topological polar surface area (TPSA) is 68.9 Å². The van der Waals surface area contributed by atoms with E-state index in [1.165, 1.54) is 3.97 Å². The van der Waals surface area contributed by atoms with E-state index in [1.54, 1.807) is 30.5 Å². The summed E-state index contributed by atoms with van der Waals surface area (Å²) in [6.07, 6.45) is 5.36. The second-order valence-corrected chi connectivity index (χ2v) is 12.0. The molecule has 0 saturated heterocycles. The van der Waals surface area contributed by atoms with Crippen LogP contribution in [0.15, 0.2) is 42.7 Å². The first kappa shape index (κ1) is 21.4. The summed E-state index contributed by atoms with van der Waals surface area (Å²) in [5.74, 6) is 0.920. The van der Waals surface area contributed by atoms with Gasteiger partial charge in [-0.15, -0.1) is 0 Å². The number of benzene rings is 2. The van der Waals surface area contributed by atoms with Gasteiger partial charge in [-0.1, -0.05) is 12.1 Å². The van der Waals surface area contributed by atoms with Gasteiger partial charge in [-0.3, -0.25) is 4.57 Å². The highest BCUT2D eigenvalue weighted by Crippen LogP contribution is 2.44. The van der Waals surface area contributed by atoms with Crippen molar-refractivity contribution in [3.8, 4) is 16.8 Å². The van der Waals surface area contributed by atoms with Crippen LogP contribution < -0.4 is 5.32 Å². The molecule has 1 aliphatic heterocycles. The second kappa shape index (κ2) is 6.95. The van der Waals surface area contributed by atoms with E-state index < -0.39 is 15.6 Å². The fourth-order valence-electron chi connectivity index (χ4n) is 5.30. The van der Waals surface area contributed by atoms with Crippen LogP contribution >= 0.6 is 0 Å². The Hall–Kier alpha value is -3.13. The van der Waals surface area contributed by atoms with Crippen molar-refractivity contribution in [2.45, 2.75) is 46.1 Å². The maximum absolute atomic E-state index is 15.7. The minimum atomic E-state index is -3.46. The summed E-state index contributed by atoms with van der Waals surface area (Å²) in [6, 6.07) is 8.77. The third kappa shape index (κ3) is 3.04. The molecule has 8 heteroatoms. The van der Waals surface area contributed by atoms with Gasteiger partial charge < -0.3 is 5.32 Å². The number of hydrogen-bond donors (Lipinski definition) is 1. The molecular formula is C26H27FN4O2S. The second-order valence-electron chi connectivity index (χ2n) is 10.1. The van der Waals surface area contributed by atoms with Gasteiger partial charge >= 0.3 is 0 Å². The van der Waals surface area contributed by atoms with E-state index in [0.29, 0.717) is 22.3 Å².